The van der Waals surface area contributed by atoms with E-state index < -0.39 is 17.7 Å². The van der Waals surface area contributed by atoms with Gasteiger partial charge >= 0.3 is 11.9 Å². The van der Waals surface area contributed by atoms with Crippen molar-refractivity contribution < 1.29 is 22.7 Å². The highest BCUT2D eigenvalue weighted by molar-refractivity contribution is 9.10. The lowest BCUT2D eigenvalue weighted by Gasteiger charge is -2.12. The van der Waals surface area contributed by atoms with Gasteiger partial charge in [0.05, 0.1) is 17.3 Å². The van der Waals surface area contributed by atoms with Gasteiger partial charge in [-0.15, -0.1) is 0 Å². The molecule has 1 aromatic heterocycles. The molecule has 78 valence electrons. The molecular weight excluding hydrogens is 262 g/mol. The molecule has 0 radical (unpaired) electrons. The van der Waals surface area contributed by atoms with Crippen LogP contribution < -0.4 is 0 Å². The van der Waals surface area contributed by atoms with E-state index in [1.165, 1.54) is 13.0 Å². The molecule has 0 saturated carbocycles. The Kier molecular flexibility index (Phi) is 3.25. The number of furan rings is 1. The Labute approximate surface area is 87.2 Å². The smallest absolute Gasteiger partial charge is 0.400 e. The molecule has 3 nitrogen and oxygen atoms in total. The number of carbonyl (C=O) groups is 1. The summed E-state index contributed by atoms with van der Waals surface area (Å²) >= 11 is 2.84. The highest BCUT2D eigenvalue weighted by Crippen LogP contribution is 2.35. The molecule has 14 heavy (non-hydrogen) atoms. The Hall–Kier alpha value is -0.910. The van der Waals surface area contributed by atoms with Crippen LogP contribution in [0.4, 0.5) is 8.78 Å². The van der Waals surface area contributed by atoms with E-state index in [-0.39, 0.29) is 11.1 Å². The molecule has 0 aromatic carbocycles. The molecule has 0 aliphatic carbocycles. The predicted octanol–water partition coefficient (Wildman–Crippen LogP) is 2.70. The Balaban J connectivity index is 2.95. The van der Waals surface area contributed by atoms with Gasteiger partial charge < -0.3 is 9.15 Å². The van der Waals surface area contributed by atoms with Gasteiger partial charge in [0, 0.05) is 0 Å². The second kappa shape index (κ2) is 4.08. The van der Waals surface area contributed by atoms with Gasteiger partial charge in [0.1, 0.15) is 0 Å². The zero-order chi connectivity index (χ0) is 10.8. The van der Waals surface area contributed by atoms with Gasteiger partial charge in [-0.3, -0.25) is 0 Å². The molecule has 0 N–H and O–H groups in total. The van der Waals surface area contributed by atoms with Crippen LogP contribution >= 0.6 is 15.9 Å². The van der Waals surface area contributed by atoms with E-state index in [1.54, 1.807) is 0 Å². The van der Waals surface area contributed by atoms with E-state index in [1.807, 2.05) is 0 Å². The monoisotopic (exact) mass is 268 g/mol. The molecule has 1 heterocycles. The molecular formula is C8H7BrF2O3. The van der Waals surface area contributed by atoms with Crippen LogP contribution in [0.25, 0.3) is 0 Å². The summed E-state index contributed by atoms with van der Waals surface area (Å²) in [6.07, 6.45) is 1.06. The largest absolute Gasteiger partial charge is 0.461 e. The summed E-state index contributed by atoms with van der Waals surface area (Å²) in [6, 6.07) is 1.28. The molecule has 0 bridgehead atoms. The Morgan fingerprint density at radius 2 is 2.36 bits per heavy atom. The topological polar surface area (TPSA) is 39.4 Å². The summed E-state index contributed by atoms with van der Waals surface area (Å²) < 4.78 is 35.2. The van der Waals surface area contributed by atoms with Gasteiger partial charge in [-0.25, -0.2) is 4.79 Å². The molecule has 1 aromatic rings. The van der Waals surface area contributed by atoms with Gasteiger partial charge in [-0.1, -0.05) is 0 Å². The molecule has 0 amide bonds. The molecule has 0 unspecified atom stereocenters. The van der Waals surface area contributed by atoms with Crippen molar-refractivity contribution in [2.45, 2.75) is 12.8 Å². The van der Waals surface area contributed by atoms with Crippen LogP contribution in [-0.4, -0.2) is 12.6 Å². The van der Waals surface area contributed by atoms with Crippen LogP contribution in [0.15, 0.2) is 21.2 Å². The number of alkyl halides is 2. The molecule has 0 spiro atoms. The molecule has 0 saturated heterocycles. The van der Waals surface area contributed by atoms with E-state index in [0.717, 1.165) is 6.26 Å². The van der Waals surface area contributed by atoms with Crippen LogP contribution in [0.2, 0.25) is 0 Å². The van der Waals surface area contributed by atoms with Crippen molar-refractivity contribution in [3.8, 4) is 0 Å². The van der Waals surface area contributed by atoms with Crippen LogP contribution in [0.1, 0.15) is 12.7 Å². The summed E-state index contributed by atoms with van der Waals surface area (Å²) in [7, 11) is 0. The second-order valence-corrected chi connectivity index (χ2v) is 3.25. The lowest BCUT2D eigenvalue weighted by Crippen LogP contribution is -2.28. The second-order valence-electron chi connectivity index (χ2n) is 2.39. The van der Waals surface area contributed by atoms with Crippen LogP contribution in [0, 0.1) is 0 Å². The van der Waals surface area contributed by atoms with E-state index in [4.69, 9.17) is 0 Å². The standard InChI is InChI=1S/C8H7BrF2O3/c1-2-13-7(12)8(10,11)6-5(9)3-4-14-6/h3-4H,2H2,1H3. The first-order chi connectivity index (χ1) is 6.50. The third-order valence-electron chi connectivity index (χ3n) is 1.43. The van der Waals surface area contributed by atoms with Crippen molar-refractivity contribution >= 4 is 21.9 Å². The first-order valence-corrected chi connectivity index (χ1v) is 4.58. The van der Waals surface area contributed by atoms with Gasteiger partial charge in [0.2, 0.25) is 0 Å². The van der Waals surface area contributed by atoms with E-state index in [0.29, 0.717) is 0 Å². The Morgan fingerprint density at radius 3 is 2.79 bits per heavy atom. The molecule has 1 rings (SSSR count). The average Bonchev–Trinajstić information content (AvgIpc) is 2.52. The quantitative estimate of drug-likeness (QED) is 0.792. The van der Waals surface area contributed by atoms with Gasteiger partial charge in [0.15, 0.2) is 5.76 Å². The predicted molar refractivity (Wildman–Crippen MR) is 46.9 cm³/mol. The third kappa shape index (κ3) is 1.95. The van der Waals surface area contributed by atoms with Crippen LogP contribution in [0.3, 0.4) is 0 Å². The first-order valence-electron chi connectivity index (χ1n) is 3.78. The molecule has 6 heteroatoms. The molecule has 0 atom stereocenters. The van der Waals surface area contributed by atoms with Crippen molar-refractivity contribution in [1.29, 1.82) is 0 Å². The highest BCUT2D eigenvalue weighted by atomic mass is 79.9. The fourth-order valence-corrected chi connectivity index (χ4v) is 1.28. The molecule has 0 fully saturated rings. The average molecular weight is 269 g/mol. The third-order valence-corrected chi connectivity index (χ3v) is 2.06. The zero-order valence-electron chi connectivity index (χ0n) is 7.22. The Morgan fingerprint density at radius 1 is 1.71 bits per heavy atom. The number of halogens is 3. The van der Waals surface area contributed by atoms with Crippen molar-refractivity contribution in [2.75, 3.05) is 6.61 Å². The number of hydrogen-bond acceptors (Lipinski definition) is 3. The number of carbonyl (C=O) groups excluding carboxylic acids is 1. The van der Waals surface area contributed by atoms with Crippen molar-refractivity contribution in [2.24, 2.45) is 0 Å². The van der Waals surface area contributed by atoms with E-state index >= 15 is 0 Å². The summed E-state index contributed by atoms with van der Waals surface area (Å²) in [4.78, 5) is 10.9. The number of rotatable bonds is 3. The minimum Gasteiger partial charge on any atom is -0.461 e. The van der Waals surface area contributed by atoms with Gasteiger partial charge in [-0.05, 0) is 28.9 Å². The summed E-state index contributed by atoms with van der Waals surface area (Å²) in [5, 5.41) is 0. The van der Waals surface area contributed by atoms with E-state index in [9.17, 15) is 13.6 Å². The lowest BCUT2D eigenvalue weighted by atomic mass is 10.2. The fourth-order valence-electron chi connectivity index (χ4n) is 0.832. The SMILES string of the molecule is CCOC(=O)C(F)(F)c1occc1Br. The summed E-state index contributed by atoms with van der Waals surface area (Å²) in [6.45, 7) is 1.35. The zero-order valence-corrected chi connectivity index (χ0v) is 8.81. The fraction of sp³-hybridized carbons (Fsp3) is 0.375. The summed E-state index contributed by atoms with van der Waals surface area (Å²) in [5.41, 5.74) is 0. The van der Waals surface area contributed by atoms with Gasteiger partial charge in [-0.2, -0.15) is 8.78 Å². The van der Waals surface area contributed by atoms with Crippen molar-refractivity contribution in [3.05, 3.63) is 22.6 Å². The summed E-state index contributed by atoms with van der Waals surface area (Å²) in [5.74, 6) is -6.11. The molecule has 0 aliphatic rings. The number of ether oxygens (including phenoxy) is 1. The maximum Gasteiger partial charge on any atom is 0.400 e. The first kappa shape index (κ1) is 11.2. The normalized spacial score (nSPS) is 11.4. The van der Waals surface area contributed by atoms with Gasteiger partial charge in [0.25, 0.3) is 0 Å². The highest BCUT2D eigenvalue weighted by Gasteiger charge is 2.47. The minimum atomic E-state index is -3.75. The molecule has 0 aliphatic heterocycles. The van der Waals surface area contributed by atoms with Crippen molar-refractivity contribution in [1.82, 2.24) is 0 Å². The maximum atomic E-state index is 13.2. The van der Waals surface area contributed by atoms with Crippen LogP contribution in [-0.2, 0) is 15.5 Å². The Bertz CT molecular complexity index is 335. The minimum absolute atomic E-state index is 0.0375. The lowest BCUT2D eigenvalue weighted by molar-refractivity contribution is -0.175. The van der Waals surface area contributed by atoms with E-state index in [2.05, 4.69) is 25.1 Å². The van der Waals surface area contributed by atoms with Crippen molar-refractivity contribution in [3.63, 3.8) is 0 Å². The number of esters is 1. The number of hydrogen-bond donors (Lipinski definition) is 0. The maximum absolute atomic E-state index is 13.2. The van der Waals surface area contributed by atoms with Crippen LogP contribution in [0.5, 0.6) is 0 Å².